The van der Waals surface area contributed by atoms with Crippen molar-refractivity contribution >= 4 is 5.97 Å². The van der Waals surface area contributed by atoms with Crippen LogP contribution in [0.1, 0.15) is 60.6 Å². The quantitative estimate of drug-likeness (QED) is 0.366. The van der Waals surface area contributed by atoms with E-state index in [1.165, 1.54) is 30.4 Å². The first kappa shape index (κ1) is 21.3. The van der Waals surface area contributed by atoms with Crippen LogP contribution in [0.5, 0.6) is 0 Å². The molecule has 0 unspecified atom stereocenters. The van der Waals surface area contributed by atoms with Crippen LogP contribution in [0.15, 0.2) is 84.9 Å². The normalized spacial score (nSPS) is 20.9. The summed E-state index contributed by atoms with van der Waals surface area (Å²) in [6, 6.07) is 28.5. The fraction of sp³-hybridized carbons (Fsp3) is 0.321. The van der Waals surface area contributed by atoms with E-state index in [1.807, 2.05) is 48.5 Å². The Morgan fingerprint density at radius 2 is 1.48 bits per heavy atom. The molecule has 0 amide bonds. The van der Waals surface area contributed by atoms with Crippen molar-refractivity contribution < 1.29 is 9.53 Å². The number of unbranched alkanes of at least 4 members (excludes halogenated alkanes) is 2. The van der Waals surface area contributed by atoms with Crippen LogP contribution in [0, 0.1) is 0 Å². The van der Waals surface area contributed by atoms with Gasteiger partial charge in [0.15, 0.2) is 0 Å². The Labute approximate surface area is 185 Å². The molecule has 0 aromatic heterocycles. The van der Waals surface area contributed by atoms with Gasteiger partial charge in [-0.2, -0.15) is 0 Å². The summed E-state index contributed by atoms with van der Waals surface area (Å²) in [5.41, 5.74) is 4.65. The Hall–Kier alpha value is -2.91. The second kappa shape index (κ2) is 10.4. The molecule has 0 radical (unpaired) electrons. The van der Waals surface area contributed by atoms with E-state index >= 15 is 0 Å². The fourth-order valence-electron chi connectivity index (χ4n) is 4.35. The van der Waals surface area contributed by atoms with Crippen LogP contribution in [0.2, 0.25) is 0 Å². The van der Waals surface area contributed by atoms with Gasteiger partial charge in [0.25, 0.3) is 0 Å². The van der Waals surface area contributed by atoms with Gasteiger partial charge in [-0.1, -0.05) is 105 Å². The lowest BCUT2D eigenvalue weighted by molar-refractivity contribution is -0.160. The van der Waals surface area contributed by atoms with Crippen LogP contribution < -0.4 is 5.32 Å². The molecule has 1 N–H and O–H groups in total. The second-order valence-electron chi connectivity index (χ2n) is 8.36. The maximum Gasteiger partial charge on any atom is 0.324 e. The maximum absolute atomic E-state index is 13.0. The Balaban J connectivity index is 1.54. The van der Waals surface area contributed by atoms with Crippen LogP contribution >= 0.6 is 0 Å². The fourth-order valence-corrected chi connectivity index (χ4v) is 4.35. The van der Waals surface area contributed by atoms with E-state index < -0.39 is 0 Å². The minimum atomic E-state index is -0.365. The molecule has 3 aromatic rings. The molecule has 1 heterocycles. The molecule has 3 heteroatoms. The zero-order valence-electron chi connectivity index (χ0n) is 18.2. The molecular weight excluding hydrogens is 382 g/mol. The first-order chi connectivity index (χ1) is 15.2. The van der Waals surface area contributed by atoms with Crippen molar-refractivity contribution in [3.05, 3.63) is 107 Å². The van der Waals surface area contributed by atoms with Crippen LogP contribution in [0.3, 0.4) is 0 Å². The number of benzene rings is 3. The zero-order chi connectivity index (χ0) is 21.5. The number of nitrogens with one attached hydrogen (secondary N) is 1. The highest BCUT2D eigenvalue weighted by atomic mass is 16.5. The third-order valence-corrected chi connectivity index (χ3v) is 6.00. The van der Waals surface area contributed by atoms with Gasteiger partial charge in [-0.25, -0.2) is 0 Å². The molecule has 0 saturated carbocycles. The van der Waals surface area contributed by atoms with Crippen molar-refractivity contribution in [2.75, 3.05) is 0 Å². The SMILES string of the molecule is CCCCCc1cccc(C[C@@H]2N[C@@H](c3ccccc3)[C@@H](c3ccccc3)OC2=O)c1. The van der Waals surface area contributed by atoms with Crippen molar-refractivity contribution in [1.29, 1.82) is 0 Å². The summed E-state index contributed by atoms with van der Waals surface area (Å²) in [4.78, 5) is 13.0. The van der Waals surface area contributed by atoms with Gasteiger partial charge in [0.1, 0.15) is 12.1 Å². The van der Waals surface area contributed by atoms with E-state index in [2.05, 4.69) is 48.6 Å². The standard InChI is InChI=1S/C28H31NO2/c1-2-3-6-12-21-13-11-14-22(19-21)20-25-28(30)31-27(24-17-9-5-10-18-24)26(29-25)23-15-7-4-8-16-23/h4-5,7-11,13-19,25-27,29H,2-3,6,12,20H2,1H3/t25-,26-,27+/m0/s1. The number of morpholine rings is 1. The number of hydrogen-bond donors (Lipinski definition) is 1. The highest BCUT2D eigenvalue weighted by Gasteiger charge is 2.38. The monoisotopic (exact) mass is 413 g/mol. The largest absolute Gasteiger partial charge is 0.454 e. The van der Waals surface area contributed by atoms with Gasteiger partial charge in [0, 0.05) is 0 Å². The Kier molecular flexibility index (Phi) is 7.16. The summed E-state index contributed by atoms with van der Waals surface area (Å²) in [6.45, 7) is 2.22. The molecule has 0 aliphatic carbocycles. The molecule has 4 rings (SSSR count). The van der Waals surface area contributed by atoms with Gasteiger partial charge in [-0.15, -0.1) is 0 Å². The van der Waals surface area contributed by atoms with Crippen LogP contribution in [0.25, 0.3) is 0 Å². The minimum absolute atomic E-state index is 0.0842. The number of carbonyl (C=O) groups is 1. The molecule has 1 aliphatic rings. The molecule has 1 saturated heterocycles. The van der Waals surface area contributed by atoms with Crippen molar-refractivity contribution in [2.45, 2.75) is 57.2 Å². The number of esters is 1. The van der Waals surface area contributed by atoms with Crippen LogP contribution in [0.4, 0.5) is 0 Å². The second-order valence-corrected chi connectivity index (χ2v) is 8.36. The van der Waals surface area contributed by atoms with E-state index in [0.717, 1.165) is 17.5 Å². The number of ether oxygens (including phenoxy) is 1. The van der Waals surface area contributed by atoms with Gasteiger partial charge >= 0.3 is 5.97 Å². The lowest BCUT2D eigenvalue weighted by Gasteiger charge is -2.37. The van der Waals surface area contributed by atoms with Crippen molar-refractivity contribution in [2.24, 2.45) is 0 Å². The Bertz CT molecular complexity index is 971. The number of cyclic esters (lactones) is 1. The summed E-state index contributed by atoms with van der Waals surface area (Å²) in [6.07, 6.45) is 5.06. The number of rotatable bonds is 8. The lowest BCUT2D eigenvalue weighted by atomic mass is 9.91. The average Bonchev–Trinajstić information content (AvgIpc) is 2.82. The molecule has 0 bridgehead atoms. The molecule has 3 nitrogen and oxygen atoms in total. The van der Waals surface area contributed by atoms with Crippen LogP contribution in [-0.2, 0) is 22.4 Å². The molecule has 31 heavy (non-hydrogen) atoms. The van der Waals surface area contributed by atoms with E-state index in [4.69, 9.17) is 4.74 Å². The maximum atomic E-state index is 13.0. The molecule has 0 spiro atoms. The first-order valence-electron chi connectivity index (χ1n) is 11.4. The summed E-state index contributed by atoms with van der Waals surface area (Å²) >= 11 is 0. The molecule has 160 valence electrons. The van der Waals surface area contributed by atoms with Gasteiger partial charge in [0.2, 0.25) is 0 Å². The lowest BCUT2D eigenvalue weighted by Crippen LogP contribution is -2.49. The predicted octanol–water partition coefficient (Wildman–Crippen LogP) is 5.96. The van der Waals surface area contributed by atoms with Gasteiger partial charge in [-0.05, 0) is 41.5 Å². The topological polar surface area (TPSA) is 38.3 Å². The Morgan fingerprint density at radius 3 is 2.19 bits per heavy atom. The van der Waals surface area contributed by atoms with Gasteiger partial charge < -0.3 is 4.74 Å². The van der Waals surface area contributed by atoms with E-state index in [0.29, 0.717) is 6.42 Å². The highest BCUT2D eigenvalue weighted by Crippen LogP contribution is 2.36. The van der Waals surface area contributed by atoms with Crippen molar-refractivity contribution in [1.82, 2.24) is 5.32 Å². The smallest absolute Gasteiger partial charge is 0.324 e. The third kappa shape index (κ3) is 5.42. The highest BCUT2D eigenvalue weighted by molar-refractivity contribution is 5.77. The van der Waals surface area contributed by atoms with Gasteiger partial charge in [-0.3, -0.25) is 10.1 Å². The molecule has 3 aromatic carbocycles. The van der Waals surface area contributed by atoms with Crippen molar-refractivity contribution in [3.63, 3.8) is 0 Å². The Morgan fingerprint density at radius 1 is 0.806 bits per heavy atom. The number of aryl methyl sites for hydroxylation is 1. The third-order valence-electron chi connectivity index (χ3n) is 6.00. The predicted molar refractivity (Wildman–Crippen MR) is 125 cm³/mol. The summed E-state index contributed by atoms with van der Waals surface area (Å²) < 4.78 is 6.03. The molecule has 1 fully saturated rings. The first-order valence-corrected chi connectivity index (χ1v) is 11.4. The van der Waals surface area contributed by atoms with Gasteiger partial charge in [0.05, 0.1) is 6.04 Å². The number of hydrogen-bond acceptors (Lipinski definition) is 3. The number of carbonyl (C=O) groups excluding carboxylic acids is 1. The van der Waals surface area contributed by atoms with E-state index in [1.54, 1.807) is 0 Å². The van der Waals surface area contributed by atoms with E-state index in [-0.39, 0.29) is 24.2 Å². The average molecular weight is 414 g/mol. The van der Waals surface area contributed by atoms with E-state index in [9.17, 15) is 4.79 Å². The summed E-state index contributed by atoms with van der Waals surface area (Å²) in [7, 11) is 0. The summed E-state index contributed by atoms with van der Waals surface area (Å²) in [5.74, 6) is -0.183. The minimum Gasteiger partial charge on any atom is -0.454 e. The van der Waals surface area contributed by atoms with Crippen molar-refractivity contribution in [3.8, 4) is 0 Å². The molecule has 1 aliphatic heterocycles. The van der Waals surface area contributed by atoms with Crippen LogP contribution in [-0.4, -0.2) is 12.0 Å². The zero-order valence-corrected chi connectivity index (χ0v) is 18.2. The summed E-state index contributed by atoms with van der Waals surface area (Å²) in [5, 5.41) is 3.61. The molecule has 3 atom stereocenters. The molecular formula is C28H31NO2.